The summed E-state index contributed by atoms with van der Waals surface area (Å²) in [7, 11) is 0. The van der Waals surface area contributed by atoms with E-state index in [4.69, 9.17) is 0 Å². The Labute approximate surface area is 195 Å². The molecule has 4 aromatic rings. The summed E-state index contributed by atoms with van der Waals surface area (Å²) in [5.74, 6) is -24.5. The van der Waals surface area contributed by atoms with E-state index >= 15 is 17.6 Å². The van der Waals surface area contributed by atoms with E-state index in [1.807, 2.05) is 0 Å². The van der Waals surface area contributed by atoms with Crippen LogP contribution in [0.1, 0.15) is 0 Å². The molecule has 0 spiro atoms. The van der Waals surface area contributed by atoms with E-state index in [9.17, 15) is 26.3 Å². The average molecular weight is 607 g/mol. The normalized spacial score (nSPS) is 11.7. The summed E-state index contributed by atoms with van der Waals surface area (Å²) in [4.78, 5) is 0. The van der Waals surface area contributed by atoms with Crippen LogP contribution in [0.4, 0.5) is 43.9 Å². The van der Waals surface area contributed by atoms with Crippen molar-refractivity contribution in [2.24, 2.45) is 0 Å². The van der Waals surface area contributed by atoms with Crippen molar-refractivity contribution < 1.29 is 43.9 Å². The molecule has 0 N–H and O–H groups in total. The molecule has 4 aromatic carbocycles. The maximum absolute atomic E-state index is 15.3. The van der Waals surface area contributed by atoms with E-state index in [2.05, 4.69) is 0 Å². The standard InChI is InChI=1S/2C6F5.2C6H5.Sn/c2*7-2-1-3(8)5(10)6(11)4(2)9;2*1-2-4-6-5-3-1;/h;;2*1-5H;. The first kappa shape index (κ1) is 25.1. The summed E-state index contributed by atoms with van der Waals surface area (Å²) in [6.45, 7) is 0. The first-order valence-corrected chi connectivity index (χ1v) is 15.4. The van der Waals surface area contributed by atoms with Gasteiger partial charge in [-0.25, -0.2) is 0 Å². The van der Waals surface area contributed by atoms with Crippen molar-refractivity contribution in [3.63, 3.8) is 0 Å². The van der Waals surface area contributed by atoms with Crippen molar-refractivity contribution in [1.29, 1.82) is 0 Å². The number of hydrogen-bond acceptors (Lipinski definition) is 0. The third-order valence-corrected chi connectivity index (χ3v) is 19.2. The Bertz CT molecular complexity index is 1270. The van der Waals surface area contributed by atoms with E-state index in [1.54, 1.807) is 0 Å². The molecule has 0 nitrogen and oxygen atoms in total. The molecule has 0 atom stereocenters. The number of rotatable bonds is 4. The Hall–Kier alpha value is -3.02. The number of benzene rings is 4. The van der Waals surface area contributed by atoms with Crippen molar-refractivity contribution in [3.05, 3.63) is 119 Å². The number of hydrogen-bond donors (Lipinski definition) is 0. The van der Waals surface area contributed by atoms with Gasteiger partial charge in [0.1, 0.15) is 0 Å². The summed E-state index contributed by atoms with van der Waals surface area (Å²) in [5.41, 5.74) is 0. The summed E-state index contributed by atoms with van der Waals surface area (Å²) in [5, 5.41) is 0. The van der Waals surface area contributed by atoms with Crippen molar-refractivity contribution in [2.45, 2.75) is 0 Å². The number of halogens is 10. The van der Waals surface area contributed by atoms with Crippen LogP contribution >= 0.6 is 0 Å². The quantitative estimate of drug-likeness (QED) is 0.139. The van der Waals surface area contributed by atoms with Crippen LogP contribution in [0.15, 0.2) is 60.7 Å². The molecule has 0 saturated heterocycles. The van der Waals surface area contributed by atoms with Gasteiger partial charge in [-0.05, 0) is 0 Å². The molecule has 0 bridgehead atoms. The molecule has 0 radical (unpaired) electrons. The van der Waals surface area contributed by atoms with E-state index in [-0.39, 0.29) is 7.16 Å². The zero-order valence-corrected chi connectivity index (χ0v) is 19.9. The van der Waals surface area contributed by atoms with Crippen LogP contribution in [0.2, 0.25) is 0 Å². The molecule has 0 fully saturated rings. The molecule has 4 rings (SSSR count). The molecule has 11 heteroatoms. The van der Waals surface area contributed by atoms with Gasteiger partial charge in [0, 0.05) is 0 Å². The van der Waals surface area contributed by atoms with Crippen LogP contribution < -0.4 is 14.3 Å². The Morgan fingerprint density at radius 2 is 0.543 bits per heavy atom. The van der Waals surface area contributed by atoms with Crippen LogP contribution in [-0.2, 0) is 0 Å². The van der Waals surface area contributed by atoms with Gasteiger partial charge in [0.2, 0.25) is 0 Å². The van der Waals surface area contributed by atoms with Crippen molar-refractivity contribution in [2.75, 3.05) is 0 Å². The third kappa shape index (κ3) is 3.60. The van der Waals surface area contributed by atoms with Gasteiger partial charge in [-0.3, -0.25) is 0 Å². The van der Waals surface area contributed by atoms with Gasteiger partial charge < -0.3 is 0 Å². The van der Waals surface area contributed by atoms with Crippen molar-refractivity contribution in [3.8, 4) is 0 Å². The van der Waals surface area contributed by atoms with Crippen LogP contribution in [-0.4, -0.2) is 18.4 Å². The Morgan fingerprint density at radius 1 is 0.314 bits per heavy atom. The molecule has 0 aliphatic heterocycles. The second-order valence-corrected chi connectivity index (χ2v) is 17.8. The Balaban J connectivity index is 2.41. The molecule has 180 valence electrons. The molecular formula is C24H10F10Sn. The van der Waals surface area contributed by atoms with Crippen LogP contribution in [0, 0.1) is 58.2 Å². The van der Waals surface area contributed by atoms with Gasteiger partial charge in [0.15, 0.2) is 0 Å². The van der Waals surface area contributed by atoms with Crippen LogP contribution in [0.5, 0.6) is 0 Å². The fourth-order valence-corrected chi connectivity index (χ4v) is 18.0. The van der Waals surface area contributed by atoms with Gasteiger partial charge in [-0.15, -0.1) is 0 Å². The molecule has 0 amide bonds. The van der Waals surface area contributed by atoms with Gasteiger partial charge in [0.05, 0.1) is 0 Å². The fraction of sp³-hybridized carbons (Fsp3) is 0. The summed E-state index contributed by atoms with van der Waals surface area (Å²) >= 11 is -6.58. The van der Waals surface area contributed by atoms with Crippen LogP contribution in [0.25, 0.3) is 0 Å². The summed E-state index contributed by atoms with van der Waals surface area (Å²) in [6, 6.07) is 12.0. The van der Waals surface area contributed by atoms with Gasteiger partial charge in [-0.1, -0.05) is 0 Å². The molecule has 0 saturated carbocycles. The third-order valence-electron chi connectivity index (χ3n) is 5.58. The van der Waals surface area contributed by atoms with E-state index < -0.39 is 83.7 Å². The molecule has 0 aliphatic carbocycles. The predicted molar refractivity (Wildman–Crippen MR) is 110 cm³/mol. The molecule has 0 unspecified atom stereocenters. The first-order valence-electron chi connectivity index (χ1n) is 9.71. The van der Waals surface area contributed by atoms with Crippen LogP contribution in [0.3, 0.4) is 0 Å². The Morgan fingerprint density at radius 3 is 0.800 bits per heavy atom. The predicted octanol–water partition coefficient (Wildman–Crippen LogP) is 4.46. The van der Waals surface area contributed by atoms with E-state index in [0.29, 0.717) is 0 Å². The van der Waals surface area contributed by atoms with E-state index in [1.165, 1.54) is 36.4 Å². The van der Waals surface area contributed by atoms with Gasteiger partial charge in [-0.2, -0.15) is 0 Å². The SMILES string of the molecule is Fc1c(F)c(F)[c]([Sn]([c]2ccccc2)([c]2ccccc2)[c]2c(F)c(F)c(F)c(F)c2F)c(F)c1F. The zero-order valence-electron chi connectivity index (χ0n) is 17.1. The molecule has 35 heavy (non-hydrogen) atoms. The fourth-order valence-electron chi connectivity index (χ4n) is 4.11. The van der Waals surface area contributed by atoms with E-state index in [0.717, 1.165) is 24.3 Å². The second-order valence-electron chi connectivity index (χ2n) is 7.37. The minimum atomic E-state index is -6.58. The zero-order chi connectivity index (χ0) is 25.7. The molecule has 0 aromatic heterocycles. The van der Waals surface area contributed by atoms with Gasteiger partial charge in [0.25, 0.3) is 0 Å². The molecule has 0 heterocycles. The average Bonchev–Trinajstić information content (AvgIpc) is 2.88. The molecule has 0 aliphatic rings. The van der Waals surface area contributed by atoms with Crippen molar-refractivity contribution in [1.82, 2.24) is 0 Å². The molecular weight excluding hydrogens is 597 g/mol. The van der Waals surface area contributed by atoms with Crippen molar-refractivity contribution >= 4 is 32.7 Å². The topological polar surface area (TPSA) is 0 Å². The van der Waals surface area contributed by atoms with Gasteiger partial charge >= 0.3 is 195 Å². The first-order chi connectivity index (χ1) is 16.6. The Kier molecular flexibility index (Phi) is 6.60. The maximum atomic E-state index is 15.3. The second kappa shape index (κ2) is 9.21. The monoisotopic (exact) mass is 608 g/mol. The summed E-state index contributed by atoms with van der Waals surface area (Å²) < 4.78 is 143. The minimum absolute atomic E-state index is 0.334. The summed E-state index contributed by atoms with van der Waals surface area (Å²) in [6.07, 6.45) is 0.